The number of fused-ring (bicyclic) bond motifs is 1. The minimum absolute atomic E-state index is 0.110. The first kappa shape index (κ1) is 13.8. The Bertz CT molecular complexity index is 851. The molecule has 4 nitrogen and oxygen atoms in total. The van der Waals surface area contributed by atoms with E-state index in [1.54, 1.807) is 36.5 Å². The van der Waals surface area contributed by atoms with Crippen LogP contribution in [-0.2, 0) is 0 Å². The molecule has 0 aliphatic carbocycles. The van der Waals surface area contributed by atoms with Gasteiger partial charge >= 0.3 is 5.97 Å². The molecule has 0 bridgehead atoms. The van der Waals surface area contributed by atoms with Gasteiger partial charge in [0.15, 0.2) is 0 Å². The second-order valence-corrected chi connectivity index (χ2v) is 5.12. The largest absolute Gasteiger partial charge is 0.478 e. The summed E-state index contributed by atoms with van der Waals surface area (Å²) in [4.78, 5) is 20.1. The Morgan fingerprint density at radius 3 is 2.57 bits per heavy atom. The SMILES string of the molecule is O=C(O)c1cc(-c2ccccn2)nc2c(Cl)c(Cl)ccc12. The normalized spacial score (nSPS) is 10.8. The standard InChI is InChI=1S/C15H8Cl2N2O2/c16-10-5-4-8-9(15(20)21)7-12(19-14(8)13(10)17)11-3-1-2-6-18-11/h1-7H,(H,20,21). The first-order chi connectivity index (χ1) is 10.1. The van der Waals surface area contributed by atoms with Crippen molar-refractivity contribution in [1.29, 1.82) is 0 Å². The molecule has 0 fully saturated rings. The number of aromatic carboxylic acids is 1. The molecule has 0 atom stereocenters. The molecule has 0 saturated heterocycles. The maximum Gasteiger partial charge on any atom is 0.336 e. The Morgan fingerprint density at radius 2 is 1.90 bits per heavy atom. The summed E-state index contributed by atoms with van der Waals surface area (Å²) >= 11 is 12.1. The number of carboxylic acid groups (broad SMARTS) is 1. The zero-order chi connectivity index (χ0) is 15.0. The Morgan fingerprint density at radius 1 is 1.10 bits per heavy atom. The molecule has 2 heterocycles. The van der Waals surface area contributed by atoms with Gasteiger partial charge in [0.1, 0.15) is 0 Å². The molecule has 0 aliphatic rings. The van der Waals surface area contributed by atoms with E-state index in [0.29, 0.717) is 27.3 Å². The Labute approximate surface area is 130 Å². The van der Waals surface area contributed by atoms with Crippen LogP contribution >= 0.6 is 23.2 Å². The van der Waals surface area contributed by atoms with Gasteiger partial charge in [-0.3, -0.25) is 4.98 Å². The molecule has 104 valence electrons. The second kappa shape index (κ2) is 5.31. The van der Waals surface area contributed by atoms with E-state index in [2.05, 4.69) is 9.97 Å². The second-order valence-electron chi connectivity index (χ2n) is 4.33. The van der Waals surface area contributed by atoms with Gasteiger partial charge in [-0.1, -0.05) is 35.3 Å². The Kier molecular flexibility index (Phi) is 3.49. The van der Waals surface area contributed by atoms with Crippen molar-refractivity contribution < 1.29 is 9.90 Å². The van der Waals surface area contributed by atoms with Gasteiger partial charge in [-0.2, -0.15) is 0 Å². The molecular weight excluding hydrogens is 311 g/mol. The number of nitrogens with zero attached hydrogens (tertiary/aromatic N) is 2. The summed E-state index contributed by atoms with van der Waals surface area (Å²) < 4.78 is 0. The smallest absolute Gasteiger partial charge is 0.336 e. The molecule has 0 spiro atoms. The van der Waals surface area contributed by atoms with E-state index < -0.39 is 5.97 Å². The summed E-state index contributed by atoms with van der Waals surface area (Å²) in [7, 11) is 0. The third kappa shape index (κ3) is 2.44. The first-order valence-corrected chi connectivity index (χ1v) is 6.77. The van der Waals surface area contributed by atoms with Crippen LogP contribution in [0.1, 0.15) is 10.4 Å². The predicted octanol–water partition coefficient (Wildman–Crippen LogP) is 4.30. The number of hydrogen-bond donors (Lipinski definition) is 1. The van der Waals surface area contributed by atoms with Crippen LogP contribution in [0.5, 0.6) is 0 Å². The van der Waals surface area contributed by atoms with E-state index in [0.717, 1.165) is 0 Å². The van der Waals surface area contributed by atoms with Crippen LogP contribution in [-0.4, -0.2) is 21.0 Å². The van der Waals surface area contributed by atoms with Crippen LogP contribution in [0.2, 0.25) is 10.0 Å². The molecule has 3 aromatic rings. The molecule has 1 aromatic carbocycles. The number of halogens is 2. The van der Waals surface area contributed by atoms with Crippen molar-refractivity contribution in [3.05, 3.63) is 58.2 Å². The number of carbonyl (C=O) groups is 1. The summed E-state index contributed by atoms with van der Waals surface area (Å²) in [6, 6.07) is 9.96. The average Bonchev–Trinajstić information content (AvgIpc) is 2.51. The van der Waals surface area contributed by atoms with E-state index in [4.69, 9.17) is 23.2 Å². The van der Waals surface area contributed by atoms with E-state index in [1.807, 2.05) is 0 Å². The van der Waals surface area contributed by atoms with Crippen LogP contribution in [0.25, 0.3) is 22.3 Å². The van der Waals surface area contributed by atoms with Crippen LogP contribution in [0, 0.1) is 0 Å². The number of carboxylic acids is 1. The fourth-order valence-electron chi connectivity index (χ4n) is 2.06. The summed E-state index contributed by atoms with van der Waals surface area (Å²) in [6.45, 7) is 0. The van der Waals surface area contributed by atoms with Crippen LogP contribution in [0.4, 0.5) is 0 Å². The first-order valence-electron chi connectivity index (χ1n) is 6.01. The Hall–Kier alpha value is -2.17. The van der Waals surface area contributed by atoms with E-state index in [-0.39, 0.29) is 10.6 Å². The number of hydrogen-bond acceptors (Lipinski definition) is 3. The fourth-order valence-corrected chi connectivity index (χ4v) is 2.42. The molecule has 21 heavy (non-hydrogen) atoms. The molecule has 0 amide bonds. The van der Waals surface area contributed by atoms with Crippen LogP contribution in [0.15, 0.2) is 42.6 Å². The molecule has 3 rings (SSSR count). The lowest BCUT2D eigenvalue weighted by molar-refractivity contribution is 0.0699. The lowest BCUT2D eigenvalue weighted by Gasteiger charge is -2.08. The minimum Gasteiger partial charge on any atom is -0.478 e. The zero-order valence-corrected chi connectivity index (χ0v) is 12.1. The van der Waals surface area contributed by atoms with Crippen molar-refractivity contribution in [2.24, 2.45) is 0 Å². The van der Waals surface area contributed by atoms with E-state index in [1.165, 1.54) is 6.07 Å². The summed E-state index contributed by atoms with van der Waals surface area (Å²) in [5.74, 6) is -1.06. The summed E-state index contributed by atoms with van der Waals surface area (Å²) in [5, 5.41) is 10.4. The average molecular weight is 319 g/mol. The van der Waals surface area contributed by atoms with Crippen LogP contribution < -0.4 is 0 Å². The fraction of sp³-hybridized carbons (Fsp3) is 0. The maximum atomic E-state index is 11.5. The molecule has 0 aliphatic heterocycles. The van der Waals surface area contributed by atoms with Crippen molar-refractivity contribution in [3.63, 3.8) is 0 Å². The van der Waals surface area contributed by atoms with Crippen molar-refractivity contribution in [1.82, 2.24) is 9.97 Å². The highest BCUT2D eigenvalue weighted by Gasteiger charge is 2.16. The summed E-state index contributed by atoms with van der Waals surface area (Å²) in [5.41, 5.74) is 1.46. The molecule has 0 unspecified atom stereocenters. The third-order valence-corrected chi connectivity index (χ3v) is 3.82. The van der Waals surface area contributed by atoms with Gasteiger partial charge in [-0.25, -0.2) is 9.78 Å². The van der Waals surface area contributed by atoms with Gasteiger partial charge in [0, 0.05) is 11.6 Å². The summed E-state index contributed by atoms with van der Waals surface area (Å²) in [6.07, 6.45) is 1.61. The van der Waals surface area contributed by atoms with Crippen molar-refractivity contribution in [2.45, 2.75) is 0 Å². The third-order valence-electron chi connectivity index (χ3n) is 3.03. The topological polar surface area (TPSA) is 63.1 Å². The maximum absolute atomic E-state index is 11.5. The predicted molar refractivity (Wildman–Crippen MR) is 82.0 cm³/mol. The van der Waals surface area contributed by atoms with Crippen molar-refractivity contribution in [3.8, 4) is 11.4 Å². The number of pyridine rings is 2. The lowest BCUT2D eigenvalue weighted by Crippen LogP contribution is -2.01. The van der Waals surface area contributed by atoms with Crippen molar-refractivity contribution in [2.75, 3.05) is 0 Å². The van der Waals surface area contributed by atoms with Gasteiger partial charge in [-0.15, -0.1) is 0 Å². The van der Waals surface area contributed by atoms with Gasteiger partial charge in [-0.05, 0) is 24.3 Å². The number of aromatic nitrogens is 2. The highest BCUT2D eigenvalue weighted by atomic mass is 35.5. The molecule has 0 radical (unpaired) electrons. The highest BCUT2D eigenvalue weighted by molar-refractivity contribution is 6.45. The zero-order valence-electron chi connectivity index (χ0n) is 10.5. The lowest BCUT2D eigenvalue weighted by atomic mass is 10.1. The highest BCUT2D eigenvalue weighted by Crippen LogP contribution is 2.33. The minimum atomic E-state index is -1.06. The van der Waals surface area contributed by atoms with Crippen LogP contribution in [0.3, 0.4) is 0 Å². The quantitative estimate of drug-likeness (QED) is 0.765. The van der Waals surface area contributed by atoms with Gasteiger partial charge in [0.2, 0.25) is 0 Å². The molecule has 6 heteroatoms. The number of rotatable bonds is 2. The Balaban J connectivity index is 2.39. The molecule has 2 aromatic heterocycles. The number of benzene rings is 1. The monoisotopic (exact) mass is 318 g/mol. The molecule has 0 saturated carbocycles. The van der Waals surface area contributed by atoms with Crippen molar-refractivity contribution >= 4 is 40.1 Å². The van der Waals surface area contributed by atoms with E-state index >= 15 is 0 Å². The van der Waals surface area contributed by atoms with Gasteiger partial charge in [0.05, 0.1) is 32.5 Å². The van der Waals surface area contributed by atoms with E-state index in [9.17, 15) is 9.90 Å². The van der Waals surface area contributed by atoms with Gasteiger partial charge < -0.3 is 5.11 Å². The molecule has 1 N–H and O–H groups in total. The molecular formula is C15H8Cl2N2O2. The van der Waals surface area contributed by atoms with Gasteiger partial charge in [0.25, 0.3) is 0 Å².